The van der Waals surface area contributed by atoms with E-state index in [0.717, 1.165) is 49.4 Å². The standard InChI is InChI=1S/C24H24F2N2S/c1-18(17-23-3-2-16-29-23)27-12-14-28(15-13-27)24(19-4-8-21(25)9-5-19)20-6-10-22(26)11-7-20/h2-11,16,24H,1,12-15,17H2. The molecule has 5 heteroatoms. The molecule has 4 rings (SSSR count). The number of rotatable bonds is 6. The molecule has 150 valence electrons. The lowest BCUT2D eigenvalue weighted by Crippen LogP contribution is -2.47. The van der Waals surface area contributed by atoms with Gasteiger partial charge in [-0.25, -0.2) is 8.78 Å². The van der Waals surface area contributed by atoms with E-state index in [1.54, 1.807) is 11.3 Å². The highest BCUT2D eigenvalue weighted by molar-refractivity contribution is 7.09. The molecule has 1 fully saturated rings. The molecule has 0 bridgehead atoms. The topological polar surface area (TPSA) is 6.48 Å². The van der Waals surface area contributed by atoms with Crippen LogP contribution < -0.4 is 0 Å². The molecule has 1 aliphatic rings. The molecule has 29 heavy (non-hydrogen) atoms. The maximum absolute atomic E-state index is 13.5. The van der Waals surface area contributed by atoms with Crippen LogP contribution in [0.2, 0.25) is 0 Å². The van der Waals surface area contributed by atoms with Gasteiger partial charge in [0.25, 0.3) is 0 Å². The highest BCUT2D eigenvalue weighted by Crippen LogP contribution is 2.30. The van der Waals surface area contributed by atoms with Gasteiger partial charge in [-0.2, -0.15) is 0 Å². The maximum atomic E-state index is 13.5. The Morgan fingerprint density at radius 3 is 1.90 bits per heavy atom. The van der Waals surface area contributed by atoms with Crippen molar-refractivity contribution in [1.82, 2.24) is 9.80 Å². The van der Waals surface area contributed by atoms with Crippen molar-refractivity contribution in [2.24, 2.45) is 0 Å². The van der Waals surface area contributed by atoms with Gasteiger partial charge < -0.3 is 4.90 Å². The minimum atomic E-state index is -0.249. The minimum Gasteiger partial charge on any atom is -0.372 e. The molecule has 0 saturated carbocycles. The zero-order valence-electron chi connectivity index (χ0n) is 16.2. The van der Waals surface area contributed by atoms with E-state index in [1.807, 2.05) is 24.3 Å². The van der Waals surface area contributed by atoms with Crippen LogP contribution >= 0.6 is 11.3 Å². The average Bonchev–Trinajstić information content (AvgIpc) is 3.24. The number of thiophene rings is 1. The predicted octanol–water partition coefficient (Wildman–Crippen LogP) is 5.49. The third-order valence-corrected chi connectivity index (χ3v) is 6.33. The third-order valence-electron chi connectivity index (χ3n) is 5.46. The summed E-state index contributed by atoms with van der Waals surface area (Å²) >= 11 is 1.76. The SMILES string of the molecule is C=C(Cc1cccs1)N1CCN(C(c2ccc(F)cc2)c2ccc(F)cc2)CC1. The van der Waals surface area contributed by atoms with E-state index in [0.29, 0.717) is 0 Å². The summed E-state index contributed by atoms with van der Waals surface area (Å²) in [7, 11) is 0. The summed E-state index contributed by atoms with van der Waals surface area (Å²) in [6, 6.07) is 17.5. The Labute approximate surface area is 174 Å². The molecule has 1 saturated heterocycles. The van der Waals surface area contributed by atoms with Gasteiger partial charge >= 0.3 is 0 Å². The quantitative estimate of drug-likeness (QED) is 0.530. The first-order chi connectivity index (χ1) is 14.1. The maximum Gasteiger partial charge on any atom is 0.123 e. The molecule has 2 aromatic carbocycles. The van der Waals surface area contributed by atoms with Crippen LogP contribution in [0, 0.1) is 11.6 Å². The van der Waals surface area contributed by atoms with Gasteiger partial charge in [-0.05, 0) is 46.8 Å². The highest BCUT2D eigenvalue weighted by atomic mass is 32.1. The van der Waals surface area contributed by atoms with Crippen molar-refractivity contribution in [3.05, 3.63) is 106 Å². The zero-order valence-corrected chi connectivity index (χ0v) is 17.0. The second-order valence-corrected chi connectivity index (χ2v) is 8.38. The molecule has 0 spiro atoms. The minimum absolute atomic E-state index is 0.0242. The molecule has 2 nitrogen and oxygen atoms in total. The third kappa shape index (κ3) is 4.74. The molecular formula is C24H24F2N2S. The summed E-state index contributed by atoms with van der Waals surface area (Å²) in [5.41, 5.74) is 3.18. The molecule has 0 amide bonds. The van der Waals surface area contributed by atoms with E-state index >= 15 is 0 Å². The van der Waals surface area contributed by atoms with Crippen molar-refractivity contribution in [3.63, 3.8) is 0 Å². The normalized spacial score (nSPS) is 15.1. The fraction of sp³-hybridized carbons (Fsp3) is 0.250. The second-order valence-electron chi connectivity index (χ2n) is 7.35. The smallest absolute Gasteiger partial charge is 0.123 e. The van der Waals surface area contributed by atoms with Gasteiger partial charge in [-0.1, -0.05) is 36.9 Å². The Bertz CT molecular complexity index is 883. The Hall–Kier alpha value is -2.50. The van der Waals surface area contributed by atoms with Crippen molar-refractivity contribution in [3.8, 4) is 0 Å². The van der Waals surface area contributed by atoms with Gasteiger partial charge in [0.1, 0.15) is 11.6 Å². The van der Waals surface area contributed by atoms with Crippen LogP contribution in [0.3, 0.4) is 0 Å². The summed E-state index contributed by atoms with van der Waals surface area (Å²) in [6.07, 6.45) is 0.886. The van der Waals surface area contributed by atoms with Crippen LogP contribution in [0.25, 0.3) is 0 Å². The number of allylic oxidation sites excluding steroid dienone is 1. The summed E-state index contributed by atoms with van der Waals surface area (Å²) in [5.74, 6) is -0.498. The summed E-state index contributed by atoms with van der Waals surface area (Å²) in [4.78, 5) is 6.06. The van der Waals surface area contributed by atoms with Crippen LogP contribution in [0.5, 0.6) is 0 Å². The van der Waals surface area contributed by atoms with Crippen LogP contribution in [0.4, 0.5) is 8.78 Å². The monoisotopic (exact) mass is 410 g/mol. The molecule has 0 N–H and O–H groups in total. The lowest BCUT2D eigenvalue weighted by atomic mass is 9.96. The van der Waals surface area contributed by atoms with Gasteiger partial charge in [-0.15, -0.1) is 11.3 Å². The Morgan fingerprint density at radius 1 is 0.862 bits per heavy atom. The van der Waals surface area contributed by atoms with Gasteiger partial charge in [0, 0.05) is 43.2 Å². The van der Waals surface area contributed by atoms with Gasteiger partial charge in [0.2, 0.25) is 0 Å². The first-order valence-electron chi connectivity index (χ1n) is 9.80. The van der Waals surface area contributed by atoms with E-state index in [2.05, 4.69) is 33.9 Å². The zero-order chi connectivity index (χ0) is 20.2. The van der Waals surface area contributed by atoms with Gasteiger partial charge in [0.15, 0.2) is 0 Å². The van der Waals surface area contributed by atoms with Crippen LogP contribution in [-0.4, -0.2) is 36.0 Å². The van der Waals surface area contributed by atoms with Crippen molar-refractivity contribution >= 4 is 11.3 Å². The molecule has 0 unspecified atom stereocenters. The predicted molar refractivity (Wildman–Crippen MR) is 115 cm³/mol. The van der Waals surface area contributed by atoms with Gasteiger partial charge in [0.05, 0.1) is 6.04 Å². The van der Waals surface area contributed by atoms with Crippen LogP contribution in [0.1, 0.15) is 22.0 Å². The largest absolute Gasteiger partial charge is 0.372 e. The van der Waals surface area contributed by atoms with Crippen molar-refractivity contribution < 1.29 is 8.78 Å². The number of hydrogen-bond donors (Lipinski definition) is 0. The van der Waals surface area contributed by atoms with Crippen molar-refractivity contribution in [2.75, 3.05) is 26.2 Å². The molecule has 3 aromatic rings. The van der Waals surface area contributed by atoms with Crippen molar-refractivity contribution in [2.45, 2.75) is 12.5 Å². The summed E-state index contributed by atoms with van der Waals surface area (Å²) in [5, 5.41) is 2.09. The Kier molecular flexibility index (Phi) is 6.07. The average molecular weight is 411 g/mol. The van der Waals surface area contributed by atoms with E-state index in [9.17, 15) is 8.78 Å². The van der Waals surface area contributed by atoms with E-state index in [-0.39, 0.29) is 17.7 Å². The number of halogens is 2. The molecule has 1 aliphatic heterocycles. The summed E-state index contributed by atoms with van der Waals surface area (Å²) in [6.45, 7) is 7.80. The molecule has 0 atom stereocenters. The first kappa shape index (κ1) is 19.8. The second kappa shape index (κ2) is 8.89. The van der Waals surface area contributed by atoms with Gasteiger partial charge in [-0.3, -0.25) is 4.90 Å². The number of nitrogens with zero attached hydrogens (tertiary/aromatic N) is 2. The van der Waals surface area contributed by atoms with Crippen molar-refractivity contribution in [1.29, 1.82) is 0 Å². The molecule has 1 aromatic heterocycles. The van der Waals surface area contributed by atoms with Crippen LogP contribution in [0.15, 0.2) is 78.3 Å². The van der Waals surface area contributed by atoms with Crippen LogP contribution in [-0.2, 0) is 6.42 Å². The lowest BCUT2D eigenvalue weighted by molar-refractivity contribution is 0.130. The molecular weight excluding hydrogens is 386 g/mol. The first-order valence-corrected chi connectivity index (χ1v) is 10.7. The number of piperazine rings is 1. The molecule has 2 heterocycles. The Balaban J connectivity index is 1.49. The lowest BCUT2D eigenvalue weighted by Gasteiger charge is -2.41. The van der Waals surface area contributed by atoms with E-state index in [1.165, 1.54) is 29.1 Å². The molecule has 0 radical (unpaired) electrons. The summed E-state index contributed by atoms with van der Waals surface area (Å²) < 4.78 is 26.9. The van der Waals surface area contributed by atoms with E-state index < -0.39 is 0 Å². The Morgan fingerprint density at radius 2 is 1.41 bits per heavy atom. The number of benzene rings is 2. The van der Waals surface area contributed by atoms with E-state index in [4.69, 9.17) is 0 Å². The fourth-order valence-corrected chi connectivity index (χ4v) is 4.67. The highest BCUT2D eigenvalue weighted by Gasteiger charge is 2.27. The number of hydrogen-bond acceptors (Lipinski definition) is 3. The molecule has 0 aliphatic carbocycles. The fourth-order valence-electron chi connectivity index (χ4n) is 3.93.